The fraction of sp³-hybridized carbons (Fsp3) is 0.250. The maximum absolute atomic E-state index is 11.7. The number of benzene rings is 1. The van der Waals surface area contributed by atoms with Gasteiger partial charge < -0.3 is 5.32 Å². The molecule has 0 saturated carbocycles. The van der Waals surface area contributed by atoms with Gasteiger partial charge in [-0.25, -0.2) is 4.98 Å². The molecule has 18 heavy (non-hydrogen) atoms. The van der Waals surface area contributed by atoms with Crippen molar-refractivity contribution in [3.05, 3.63) is 47.0 Å². The van der Waals surface area contributed by atoms with Crippen LogP contribution in [0, 0.1) is 0 Å². The molecule has 5 nitrogen and oxygen atoms in total. The van der Waals surface area contributed by atoms with Crippen LogP contribution in [0.5, 0.6) is 0 Å². The van der Waals surface area contributed by atoms with Gasteiger partial charge in [-0.3, -0.25) is 9.89 Å². The normalized spacial score (nSPS) is 10.3. The summed E-state index contributed by atoms with van der Waals surface area (Å²) in [6.45, 7) is 0.526. The van der Waals surface area contributed by atoms with Crippen LogP contribution in [0.4, 0.5) is 0 Å². The van der Waals surface area contributed by atoms with Crippen LogP contribution in [0.25, 0.3) is 0 Å². The minimum absolute atomic E-state index is 0.0531. The number of hydrogen-bond donors (Lipinski definition) is 2. The maximum Gasteiger partial charge on any atom is 0.224 e. The number of carbonyl (C=O) groups excluding carboxylic acids is 1. The average molecular weight is 265 g/mol. The molecule has 2 N–H and O–H groups in total. The van der Waals surface area contributed by atoms with E-state index in [1.807, 2.05) is 18.2 Å². The third kappa shape index (κ3) is 3.56. The van der Waals surface area contributed by atoms with E-state index in [1.54, 1.807) is 6.07 Å². The molecule has 0 unspecified atom stereocenters. The number of aromatic nitrogens is 3. The van der Waals surface area contributed by atoms with Crippen LogP contribution in [-0.2, 0) is 17.6 Å². The first-order valence-corrected chi connectivity index (χ1v) is 5.98. The summed E-state index contributed by atoms with van der Waals surface area (Å²) < 4.78 is 0. The summed E-state index contributed by atoms with van der Waals surface area (Å²) >= 11 is 5.98. The van der Waals surface area contributed by atoms with Crippen molar-refractivity contribution >= 4 is 17.5 Å². The lowest BCUT2D eigenvalue weighted by Gasteiger charge is -2.05. The van der Waals surface area contributed by atoms with Crippen molar-refractivity contribution in [2.24, 2.45) is 0 Å². The molecule has 1 amide bonds. The van der Waals surface area contributed by atoms with Crippen LogP contribution < -0.4 is 5.32 Å². The molecule has 2 rings (SSSR count). The molecule has 1 aromatic carbocycles. The largest absolute Gasteiger partial charge is 0.355 e. The van der Waals surface area contributed by atoms with E-state index in [0.29, 0.717) is 18.0 Å². The van der Waals surface area contributed by atoms with E-state index in [2.05, 4.69) is 20.5 Å². The highest BCUT2D eigenvalue weighted by Crippen LogP contribution is 2.15. The Labute approximate surface area is 110 Å². The van der Waals surface area contributed by atoms with Gasteiger partial charge in [0.2, 0.25) is 5.91 Å². The minimum atomic E-state index is -0.0531. The Hall–Kier alpha value is -1.88. The van der Waals surface area contributed by atoms with Gasteiger partial charge in [0.15, 0.2) is 0 Å². The molecule has 0 aliphatic heterocycles. The van der Waals surface area contributed by atoms with Crippen LogP contribution >= 0.6 is 11.6 Å². The Morgan fingerprint density at radius 3 is 2.94 bits per heavy atom. The highest BCUT2D eigenvalue weighted by atomic mass is 35.5. The maximum atomic E-state index is 11.7. The number of nitrogens with one attached hydrogen (secondary N) is 2. The summed E-state index contributed by atoms with van der Waals surface area (Å²) in [6, 6.07) is 7.33. The Kier molecular flexibility index (Phi) is 4.30. The zero-order valence-electron chi connectivity index (χ0n) is 9.69. The number of nitrogens with zero attached hydrogens (tertiary/aromatic N) is 2. The number of hydrogen-bond acceptors (Lipinski definition) is 3. The summed E-state index contributed by atoms with van der Waals surface area (Å²) in [7, 11) is 0. The first-order chi connectivity index (χ1) is 8.75. The molecule has 0 spiro atoms. The van der Waals surface area contributed by atoms with Crippen molar-refractivity contribution in [3.63, 3.8) is 0 Å². The third-order valence-electron chi connectivity index (χ3n) is 2.46. The molecule has 0 fully saturated rings. The number of H-pyrrole nitrogens is 1. The lowest BCUT2D eigenvalue weighted by molar-refractivity contribution is -0.120. The second-order valence-electron chi connectivity index (χ2n) is 3.80. The summed E-state index contributed by atoms with van der Waals surface area (Å²) in [6.07, 6.45) is 2.37. The Morgan fingerprint density at radius 2 is 2.22 bits per heavy atom. The summed E-state index contributed by atoms with van der Waals surface area (Å²) in [5.41, 5.74) is 0.830. The lowest BCUT2D eigenvalue weighted by atomic mass is 10.1. The van der Waals surface area contributed by atoms with Gasteiger partial charge in [-0.15, -0.1) is 0 Å². The number of amides is 1. The van der Waals surface area contributed by atoms with E-state index in [-0.39, 0.29) is 12.3 Å². The smallest absolute Gasteiger partial charge is 0.224 e. The molecule has 1 aromatic heterocycles. The number of rotatable bonds is 5. The van der Waals surface area contributed by atoms with Crippen LogP contribution in [-0.4, -0.2) is 27.6 Å². The topological polar surface area (TPSA) is 70.7 Å². The molecule has 2 aromatic rings. The quantitative estimate of drug-likeness (QED) is 0.857. The molecule has 0 saturated heterocycles. The van der Waals surface area contributed by atoms with Gasteiger partial charge in [0.25, 0.3) is 0 Å². The molecule has 6 heteroatoms. The molecule has 0 atom stereocenters. The molecular formula is C12H13ClN4O. The molecule has 1 heterocycles. The van der Waals surface area contributed by atoms with E-state index in [9.17, 15) is 4.79 Å². The molecule has 0 radical (unpaired) electrons. The van der Waals surface area contributed by atoms with E-state index >= 15 is 0 Å². The number of carbonyl (C=O) groups is 1. The van der Waals surface area contributed by atoms with Crippen LogP contribution in [0.1, 0.15) is 11.4 Å². The zero-order chi connectivity index (χ0) is 12.8. The van der Waals surface area contributed by atoms with E-state index < -0.39 is 0 Å². The van der Waals surface area contributed by atoms with Crippen molar-refractivity contribution in [1.29, 1.82) is 0 Å². The predicted molar refractivity (Wildman–Crippen MR) is 68.3 cm³/mol. The van der Waals surface area contributed by atoms with Crippen molar-refractivity contribution in [3.8, 4) is 0 Å². The fourth-order valence-corrected chi connectivity index (χ4v) is 1.75. The fourth-order valence-electron chi connectivity index (χ4n) is 1.55. The van der Waals surface area contributed by atoms with Crippen LogP contribution in [0.2, 0.25) is 5.02 Å². The third-order valence-corrected chi connectivity index (χ3v) is 2.83. The standard InChI is InChI=1S/C12H13ClN4O/c13-10-4-2-1-3-9(10)7-12(18)14-6-5-11-15-8-16-17-11/h1-4,8H,5-7H2,(H,14,18)(H,15,16,17). The molecule has 94 valence electrons. The van der Waals surface area contributed by atoms with Crippen molar-refractivity contribution < 1.29 is 4.79 Å². The first kappa shape index (κ1) is 12.6. The molecule has 0 aliphatic carbocycles. The van der Waals surface area contributed by atoms with Gasteiger partial charge in [0, 0.05) is 18.0 Å². The van der Waals surface area contributed by atoms with Crippen LogP contribution in [0.15, 0.2) is 30.6 Å². The molecule has 0 bridgehead atoms. The van der Waals surface area contributed by atoms with Gasteiger partial charge in [-0.1, -0.05) is 29.8 Å². The Morgan fingerprint density at radius 1 is 1.39 bits per heavy atom. The summed E-state index contributed by atoms with van der Waals surface area (Å²) in [5.74, 6) is 0.704. The van der Waals surface area contributed by atoms with E-state index in [1.165, 1.54) is 6.33 Å². The Balaban J connectivity index is 1.77. The minimum Gasteiger partial charge on any atom is -0.355 e. The first-order valence-electron chi connectivity index (χ1n) is 5.60. The zero-order valence-corrected chi connectivity index (χ0v) is 10.4. The van der Waals surface area contributed by atoms with Gasteiger partial charge in [0.1, 0.15) is 12.2 Å². The van der Waals surface area contributed by atoms with Crippen molar-refractivity contribution in [2.45, 2.75) is 12.8 Å². The van der Waals surface area contributed by atoms with Crippen LogP contribution in [0.3, 0.4) is 0 Å². The second-order valence-corrected chi connectivity index (χ2v) is 4.21. The SMILES string of the molecule is O=C(Cc1ccccc1Cl)NCCc1ncn[nH]1. The lowest BCUT2D eigenvalue weighted by Crippen LogP contribution is -2.27. The monoisotopic (exact) mass is 264 g/mol. The van der Waals surface area contributed by atoms with Gasteiger partial charge >= 0.3 is 0 Å². The molecular weight excluding hydrogens is 252 g/mol. The van der Waals surface area contributed by atoms with Gasteiger partial charge in [-0.05, 0) is 11.6 Å². The average Bonchev–Trinajstić information content (AvgIpc) is 2.85. The predicted octanol–water partition coefficient (Wildman–Crippen LogP) is 1.36. The van der Waals surface area contributed by atoms with E-state index in [0.717, 1.165) is 11.4 Å². The van der Waals surface area contributed by atoms with Crippen molar-refractivity contribution in [1.82, 2.24) is 20.5 Å². The molecule has 0 aliphatic rings. The Bertz CT molecular complexity index is 513. The number of halogens is 1. The highest BCUT2D eigenvalue weighted by molar-refractivity contribution is 6.31. The highest BCUT2D eigenvalue weighted by Gasteiger charge is 2.06. The second kappa shape index (κ2) is 6.16. The van der Waals surface area contributed by atoms with Gasteiger partial charge in [-0.2, -0.15) is 5.10 Å². The summed E-state index contributed by atoms with van der Waals surface area (Å²) in [5, 5.41) is 9.89. The number of aromatic amines is 1. The summed E-state index contributed by atoms with van der Waals surface area (Å²) in [4.78, 5) is 15.6. The van der Waals surface area contributed by atoms with Gasteiger partial charge in [0.05, 0.1) is 6.42 Å². The van der Waals surface area contributed by atoms with Crippen molar-refractivity contribution in [2.75, 3.05) is 6.54 Å². The van der Waals surface area contributed by atoms with E-state index in [4.69, 9.17) is 11.6 Å².